The molecule has 1 aromatic heterocycles. The molecule has 12 heteroatoms. The number of benzene rings is 1. The second-order valence-corrected chi connectivity index (χ2v) is 12.7. The monoisotopic (exact) mass is 588 g/mol. The van der Waals surface area contributed by atoms with Gasteiger partial charge in [0, 0.05) is 44.7 Å². The number of rotatable bonds is 2. The number of hydrogen-bond donors (Lipinski definition) is 1. The molecule has 220 valence electrons. The van der Waals surface area contributed by atoms with Crippen LogP contribution in [0.25, 0.3) is 11.3 Å². The number of hydrogen-bond acceptors (Lipinski definition) is 8. The van der Waals surface area contributed by atoms with Crippen LogP contribution in [0.1, 0.15) is 44.0 Å². The van der Waals surface area contributed by atoms with Gasteiger partial charge in [0.25, 0.3) is 5.91 Å². The number of amides is 2. The van der Waals surface area contributed by atoms with Crippen LogP contribution in [-0.4, -0.2) is 96.1 Å². The summed E-state index contributed by atoms with van der Waals surface area (Å²) in [6.45, 7) is 8.80. The van der Waals surface area contributed by atoms with Crippen molar-refractivity contribution < 1.29 is 33.3 Å². The van der Waals surface area contributed by atoms with Crippen molar-refractivity contribution in [2.24, 2.45) is 5.41 Å². The molecule has 41 heavy (non-hydrogen) atoms. The zero-order chi connectivity index (χ0) is 29.1. The number of nitrogens with zero attached hydrogens (tertiary/aromatic N) is 4. The molecule has 4 aliphatic heterocycles. The van der Waals surface area contributed by atoms with Crippen LogP contribution >= 0.6 is 11.6 Å². The topological polar surface area (TPSA) is 105 Å². The van der Waals surface area contributed by atoms with Crippen molar-refractivity contribution in [1.82, 2.24) is 14.8 Å². The highest BCUT2D eigenvalue weighted by atomic mass is 35.5. The Morgan fingerprint density at radius 1 is 1.22 bits per heavy atom. The lowest BCUT2D eigenvalue weighted by Crippen LogP contribution is -2.58. The number of piperazine rings is 1. The van der Waals surface area contributed by atoms with Gasteiger partial charge in [-0.15, -0.1) is 0 Å². The number of aromatic hydroxyl groups is 1. The molecule has 10 nitrogen and oxygen atoms in total. The van der Waals surface area contributed by atoms with Crippen LogP contribution in [0.4, 0.5) is 15.0 Å². The van der Waals surface area contributed by atoms with Gasteiger partial charge in [-0.25, -0.2) is 14.2 Å². The SMILES string of the molecule is CC(C)(C)OC(=O)N1CCN2C(=O)c3c(N4CCC5(CCOC5)C4)nc(-c4c(O)cccc4F)c(Cl)c3OC[C@H]2C1. The fourth-order valence-corrected chi connectivity index (χ4v) is 6.45. The van der Waals surface area contributed by atoms with E-state index in [1.165, 1.54) is 18.2 Å². The van der Waals surface area contributed by atoms with E-state index in [0.717, 1.165) is 12.8 Å². The maximum Gasteiger partial charge on any atom is 0.410 e. The van der Waals surface area contributed by atoms with E-state index in [4.69, 9.17) is 30.8 Å². The molecule has 0 aliphatic carbocycles. The third-order valence-corrected chi connectivity index (χ3v) is 8.61. The molecule has 0 saturated carbocycles. The molecular weight excluding hydrogens is 555 g/mol. The van der Waals surface area contributed by atoms with Crippen molar-refractivity contribution in [2.75, 3.05) is 57.4 Å². The van der Waals surface area contributed by atoms with Crippen molar-refractivity contribution in [3.05, 3.63) is 34.6 Å². The summed E-state index contributed by atoms with van der Waals surface area (Å²) < 4.78 is 32.6. The third-order valence-electron chi connectivity index (χ3n) is 8.26. The van der Waals surface area contributed by atoms with Crippen LogP contribution in [0, 0.1) is 11.2 Å². The number of halogens is 2. The standard InChI is InChI=1S/C29H34ClFN4O6/c1-28(2,3)41-27(38)33-10-11-35-17(13-33)14-40-24-21(26(35)37)25(34-9-7-29(15-34)8-12-39-16-29)32-23(22(24)30)20-18(31)5-4-6-19(20)36/h4-6,17,36H,7-16H2,1-3H3/t17-,29?/m1/s1. The van der Waals surface area contributed by atoms with Crippen LogP contribution < -0.4 is 9.64 Å². The lowest BCUT2D eigenvalue weighted by Gasteiger charge is -2.40. The molecule has 0 radical (unpaired) electrons. The molecule has 1 aromatic carbocycles. The van der Waals surface area contributed by atoms with Crippen molar-refractivity contribution in [3.63, 3.8) is 0 Å². The number of ether oxygens (including phenoxy) is 3. The summed E-state index contributed by atoms with van der Waals surface area (Å²) in [7, 11) is 0. The van der Waals surface area contributed by atoms with Gasteiger partial charge in [0.15, 0.2) is 5.75 Å². The van der Waals surface area contributed by atoms with E-state index in [1.54, 1.807) is 30.6 Å². The molecule has 5 heterocycles. The summed E-state index contributed by atoms with van der Waals surface area (Å²) in [5, 5.41) is 10.5. The predicted molar refractivity (Wildman–Crippen MR) is 149 cm³/mol. The van der Waals surface area contributed by atoms with Crippen molar-refractivity contribution >= 4 is 29.4 Å². The van der Waals surface area contributed by atoms with Crippen LogP contribution in [0.5, 0.6) is 11.5 Å². The molecule has 4 aliphatic rings. The smallest absolute Gasteiger partial charge is 0.410 e. The normalized spacial score (nSPS) is 24.3. The molecule has 3 fully saturated rings. The summed E-state index contributed by atoms with van der Waals surface area (Å²) in [6.07, 6.45) is 1.31. The van der Waals surface area contributed by atoms with Gasteiger partial charge in [-0.3, -0.25) is 4.79 Å². The Labute approximate surface area is 242 Å². The predicted octanol–water partition coefficient (Wildman–Crippen LogP) is 4.32. The van der Waals surface area contributed by atoms with Crippen LogP contribution in [0.15, 0.2) is 18.2 Å². The molecule has 0 bridgehead atoms. The highest BCUT2D eigenvalue weighted by Gasteiger charge is 2.46. The Bertz CT molecular complexity index is 1370. The van der Waals surface area contributed by atoms with Crippen LogP contribution in [0.2, 0.25) is 5.02 Å². The second-order valence-electron chi connectivity index (χ2n) is 12.3. The number of pyridine rings is 1. The van der Waals surface area contributed by atoms with Crippen molar-refractivity contribution in [3.8, 4) is 22.8 Å². The maximum atomic E-state index is 15.1. The zero-order valence-corrected chi connectivity index (χ0v) is 24.2. The molecule has 1 spiro atoms. The lowest BCUT2D eigenvalue weighted by molar-refractivity contribution is 0.000955. The number of carbonyl (C=O) groups excluding carboxylic acids is 2. The largest absolute Gasteiger partial charge is 0.507 e. The van der Waals surface area contributed by atoms with Crippen LogP contribution in [0.3, 0.4) is 0 Å². The second kappa shape index (κ2) is 10.2. The Morgan fingerprint density at radius 3 is 2.73 bits per heavy atom. The summed E-state index contributed by atoms with van der Waals surface area (Å²) >= 11 is 6.83. The van der Waals surface area contributed by atoms with E-state index in [9.17, 15) is 14.7 Å². The summed E-state index contributed by atoms with van der Waals surface area (Å²) in [5.41, 5.74) is -0.652. The fourth-order valence-electron chi connectivity index (χ4n) is 6.17. The Morgan fingerprint density at radius 2 is 2.02 bits per heavy atom. The number of carbonyl (C=O) groups is 2. The number of phenols is 1. The van der Waals surface area contributed by atoms with Gasteiger partial charge in [0.2, 0.25) is 0 Å². The van der Waals surface area contributed by atoms with Gasteiger partial charge in [-0.05, 0) is 45.7 Å². The quantitative estimate of drug-likeness (QED) is 0.553. The number of aromatic nitrogens is 1. The average Bonchev–Trinajstić information content (AvgIpc) is 3.52. The van der Waals surface area contributed by atoms with E-state index >= 15 is 4.39 Å². The Hall–Kier alpha value is -3.31. The van der Waals surface area contributed by atoms with E-state index < -0.39 is 23.6 Å². The molecule has 3 saturated heterocycles. The van der Waals surface area contributed by atoms with Gasteiger partial charge in [0.05, 0.1) is 18.2 Å². The zero-order valence-electron chi connectivity index (χ0n) is 23.4. The van der Waals surface area contributed by atoms with Gasteiger partial charge >= 0.3 is 6.09 Å². The first-order valence-corrected chi connectivity index (χ1v) is 14.3. The van der Waals surface area contributed by atoms with Gasteiger partial charge in [0.1, 0.15) is 45.9 Å². The number of phenolic OH excluding ortho intramolecular Hbond substituents is 1. The lowest BCUT2D eigenvalue weighted by atomic mass is 9.87. The molecule has 1 N–H and O–H groups in total. The fraction of sp³-hybridized carbons (Fsp3) is 0.552. The molecule has 2 aromatic rings. The molecular formula is C29H34ClFN4O6. The van der Waals surface area contributed by atoms with E-state index in [2.05, 4.69) is 0 Å². The van der Waals surface area contributed by atoms with E-state index in [1.807, 2.05) is 4.90 Å². The average molecular weight is 589 g/mol. The minimum Gasteiger partial charge on any atom is -0.507 e. The molecule has 2 amide bonds. The van der Waals surface area contributed by atoms with Gasteiger partial charge in [-0.2, -0.15) is 0 Å². The van der Waals surface area contributed by atoms with Gasteiger partial charge < -0.3 is 34.0 Å². The minimum atomic E-state index is -0.697. The Balaban J connectivity index is 1.41. The summed E-state index contributed by atoms with van der Waals surface area (Å²) in [4.78, 5) is 37.1. The van der Waals surface area contributed by atoms with Gasteiger partial charge in [-0.1, -0.05) is 17.7 Å². The van der Waals surface area contributed by atoms with Crippen LogP contribution in [-0.2, 0) is 9.47 Å². The Kier molecular flexibility index (Phi) is 6.93. The highest BCUT2D eigenvalue weighted by Crippen LogP contribution is 2.48. The maximum absolute atomic E-state index is 15.1. The molecule has 2 atom stereocenters. The number of anilines is 1. The van der Waals surface area contributed by atoms with Crippen molar-refractivity contribution in [2.45, 2.75) is 45.3 Å². The first-order valence-electron chi connectivity index (χ1n) is 13.9. The highest BCUT2D eigenvalue weighted by molar-refractivity contribution is 6.35. The number of fused-ring (bicyclic) bond motifs is 2. The third kappa shape index (κ3) is 5.03. The van der Waals surface area contributed by atoms with E-state index in [0.29, 0.717) is 38.7 Å². The summed E-state index contributed by atoms with van der Waals surface area (Å²) in [6, 6.07) is 3.51. The van der Waals surface area contributed by atoms with Crippen molar-refractivity contribution in [1.29, 1.82) is 0 Å². The first kappa shape index (κ1) is 27.8. The molecule has 6 rings (SSSR count). The summed E-state index contributed by atoms with van der Waals surface area (Å²) in [5.74, 6) is -0.897. The van der Waals surface area contributed by atoms with E-state index in [-0.39, 0.29) is 64.4 Å². The molecule has 1 unspecified atom stereocenters. The minimum absolute atomic E-state index is 0.00249. The first-order chi connectivity index (χ1) is 19.5.